The van der Waals surface area contributed by atoms with Crippen molar-refractivity contribution in [2.24, 2.45) is 0 Å². The average molecular weight is 689 g/mol. The van der Waals surface area contributed by atoms with Crippen LogP contribution in [-0.4, -0.2) is 32.2 Å². The Kier molecular flexibility index (Phi) is 9.16. The van der Waals surface area contributed by atoms with Crippen LogP contribution in [-0.2, 0) is 19.5 Å². The summed E-state index contributed by atoms with van der Waals surface area (Å²) in [6.45, 7) is 1.77. The zero-order chi connectivity index (χ0) is 31.0. The Morgan fingerprint density at radius 3 is 2.40 bits per heavy atom. The van der Waals surface area contributed by atoms with Gasteiger partial charge in [0.2, 0.25) is 0 Å². The summed E-state index contributed by atoms with van der Waals surface area (Å²) >= 11 is 4.78. The largest absolute Gasteiger partial charge is 0.528 e. The minimum Gasteiger partial charge on any atom is -0.528 e. The van der Waals surface area contributed by atoms with Gasteiger partial charge in [-0.2, -0.15) is 5.16 Å². The lowest BCUT2D eigenvalue weighted by Gasteiger charge is -2.13. The fraction of sp³-hybridized carbons (Fsp3) is 0.182. The second-order valence-corrected chi connectivity index (χ2v) is 11.9. The van der Waals surface area contributed by atoms with Crippen molar-refractivity contribution in [2.75, 3.05) is 7.11 Å². The molecule has 0 N–H and O–H groups in total. The first-order chi connectivity index (χ1) is 21.3. The molecule has 3 aromatic heterocycles. The van der Waals surface area contributed by atoms with Crippen molar-refractivity contribution in [3.8, 4) is 34.3 Å². The fourth-order valence-corrected chi connectivity index (χ4v) is 6.62. The molecule has 45 heavy (non-hydrogen) atoms. The molecule has 3 heterocycles. The van der Waals surface area contributed by atoms with Crippen LogP contribution in [0.25, 0.3) is 32.7 Å². The number of carbonyl (C=O) groups excluding carboxylic acids is 1. The standard InChI is InChI=1S/C32H25BrN4O6S.CH4/c1-3-21-15-24-29(39)36(17-26(38)20-12-13-27(42-2)25(33)14-20)32(41)37(30(24)44-21)16-18-8-10-19(11-9-18)22-6-4-5-7-23(22)28-34-31(40)43-35-28;/h4-15H,3,16-17H2,1-2H3,(H,34,35,40);1H4/p-1. The quantitative estimate of drug-likeness (QED) is 0.171. The van der Waals surface area contributed by atoms with Gasteiger partial charge in [-0.05, 0) is 63.3 Å². The fourth-order valence-electron chi connectivity index (χ4n) is 5.00. The molecule has 0 radical (unpaired) electrons. The molecule has 0 aliphatic heterocycles. The maximum atomic E-state index is 13.8. The zero-order valence-electron chi connectivity index (χ0n) is 23.6. The average Bonchev–Trinajstić information content (AvgIpc) is 3.68. The van der Waals surface area contributed by atoms with Crippen LogP contribution < -0.4 is 21.1 Å². The number of fused-ring (bicyclic) bond motifs is 1. The van der Waals surface area contributed by atoms with E-state index in [2.05, 4.69) is 30.6 Å². The van der Waals surface area contributed by atoms with Gasteiger partial charge in [0.05, 0.1) is 30.1 Å². The van der Waals surface area contributed by atoms with Gasteiger partial charge in [0.25, 0.3) is 5.56 Å². The highest BCUT2D eigenvalue weighted by atomic mass is 79.9. The van der Waals surface area contributed by atoms with Crippen LogP contribution in [0, 0.1) is 0 Å². The third kappa shape index (κ3) is 6.11. The molecule has 0 unspecified atom stereocenters. The highest BCUT2D eigenvalue weighted by Gasteiger charge is 2.20. The summed E-state index contributed by atoms with van der Waals surface area (Å²) in [5.41, 5.74) is 2.42. The molecule has 230 valence electrons. The molecule has 0 saturated heterocycles. The Morgan fingerprint density at radius 1 is 1.02 bits per heavy atom. The SMILES string of the molecule is C.CCc1cc2c(=O)n(CC(=O)c3ccc(OC)c(Br)c3)c(=O)n(Cc3ccc(-c4ccccc4-c4noc([O-])n4)cc3)c2s1. The van der Waals surface area contributed by atoms with E-state index in [0.29, 0.717) is 38.0 Å². The molecule has 0 bridgehead atoms. The molecule has 6 rings (SSSR count). The molecule has 0 spiro atoms. The predicted octanol–water partition coefficient (Wildman–Crippen LogP) is 5.92. The maximum absolute atomic E-state index is 13.8. The van der Waals surface area contributed by atoms with Gasteiger partial charge in [-0.3, -0.25) is 18.7 Å². The lowest BCUT2D eigenvalue weighted by atomic mass is 9.98. The molecule has 0 aliphatic carbocycles. The minimum atomic E-state index is -0.762. The predicted molar refractivity (Wildman–Crippen MR) is 175 cm³/mol. The van der Waals surface area contributed by atoms with Crippen molar-refractivity contribution in [2.45, 2.75) is 33.9 Å². The van der Waals surface area contributed by atoms with Crippen LogP contribution in [0.5, 0.6) is 11.8 Å². The van der Waals surface area contributed by atoms with Crippen molar-refractivity contribution >= 4 is 43.3 Å². The lowest BCUT2D eigenvalue weighted by molar-refractivity contribution is -0.303. The number of ether oxygens (including phenoxy) is 1. The molecule has 0 fully saturated rings. The number of ketones is 1. The molecule has 0 amide bonds. The molecule has 10 nitrogen and oxygen atoms in total. The number of carbonyl (C=O) groups is 1. The van der Waals surface area contributed by atoms with E-state index < -0.39 is 23.9 Å². The van der Waals surface area contributed by atoms with Crippen LogP contribution >= 0.6 is 27.3 Å². The first-order valence-corrected chi connectivity index (χ1v) is 15.2. The van der Waals surface area contributed by atoms with Crippen molar-refractivity contribution in [1.82, 2.24) is 19.3 Å². The highest BCUT2D eigenvalue weighted by Crippen LogP contribution is 2.31. The lowest BCUT2D eigenvalue weighted by Crippen LogP contribution is -2.41. The van der Waals surface area contributed by atoms with Gasteiger partial charge in [0.1, 0.15) is 10.6 Å². The minimum absolute atomic E-state index is 0. The van der Waals surface area contributed by atoms with Gasteiger partial charge >= 0.3 is 5.69 Å². The van der Waals surface area contributed by atoms with E-state index in [0.717, 1.165) is 26.1 Å². The topological polar surface area (TPSA) is 132 Å². The Balaban J connectivity index is 0.00000400. The number of methoxy groups -OCH3 is 1. The van der Waals surface area contributed by atoms with Gasteiger partial charge in [-0.1, -0.05) is 62.9 Å². The van der Waals surface area contributed by atoms with Gasteiger partial charge < -0.3 is 14.4 Å². The van der Waals surface area contributed by atoms with Gasteiger partial charge in [-0.15, -0.1) is 11.3 Å². The van der Waals surface area contributed by atoms with Crippen LogP contribution in [0.4, 0.5) is 0 Å². The summed E-state index contributed by atoms with van der Waals surface area (Å²) in [7, 11) is 1.53. The van der Waals surface area contributed by atoms with Crippen molar-refractivity contribution in [1.29, 1.82) is 0 Å². The zero-order valence-corrected chi connectivity index (χ0v) is 26.0. The number of Topliss-reactive ketones (excluding diaryl/α,β-unsaturated/α-hetero) is 1. The summed E-state index contributed by atoms with van der Waals surface area (Å²) in [6, 6.07) is 21.7. The first kappa shape index (κ1) is 31.6. The number of benzene rings is 3. The van der Waals surface area contributed by atoms with E-state index in [1.54, 1.807) is 34.9 Å². The van der Waals surface area contributed by atoms with E-state index in [-0.39, 0.29) is 25.6 Å². The number of nitrogens with zero attached hydrogens (tertiary/aromatic N) is 4. The number of aryl methyl sites for hydroxylation is 1. The Hall–Kier alpha value is -4.81. The second kappa shape index (κ2) is 13.0. The smallest absolute Gasteiger partial charge is 0.332 e. The molecule has 0 atom stereocenters. The van der Waals surface area contributed by atoms with Crippen LogP contribution in [0.1, 0.15) is 35.1 Å². The van der Waals surface area contributed by atoms with E-state index in [1.807, 2.05) is 49.4 Å². The van der Waals surface area contributed by atoms with E-state index in [1.165, 1.54) is 18.4 Å². The van der Waals surface area contributed by atoms with E-state index in [4.69, 9.17) is 4.74 Å². The van der Waals surface area contributed by atoms with Crippen molar-refractivity contribution in [3.63, 3.8) is 0 Å². The number of halogens is 1. The molecule has 6 aromatic rings. The molecular formula is C33H28BrN4O6S-. The Bertz CT molecular complexity index is 2150. The summed E-state index contributed by atoms with van der Waals surface area (Å²) in [6.07, 6.45) is -0.0599. The normalized spacial score (nSPS) is 11.0. The molecule has 0 aliphatic rings. The Morgan fingerprint density at radius 2 is 1.76 bits per heavy atom. The third-order valence-electron chi connectivity index (χ3n) is 7.25. The summed E-state index contributed by atoms with van der Waals surface area (Å²) in [4.78, 5) is 45.9. The van der Waals surface area contributed by atoms with Crippen molar-refractivity contribution < 1.29 is 19.2 Å². The van der Waals surface area contributed by atoms with Crippen molar-refractivity contribution in [3.05, 3.63) is 114 Å². The Labute approximate surface area is 270 Å². The number of hydrogen-bond acceptors (Lipinski definition) is 9. The van der Waals surface area contributed by atoms with E-state index in [9.17, 15) is 19.5 Å². The monoisotopic (exact) mass is 687 g/mol. The summed E-state index contributed by atoms with van der Waals surface area (Å²) in [5.74, 6) is 0.388. The van der Waals surface area contributed by atoms with Gasteiger partial charge in [0.15, 0.2) is 17.7 Å². The maximum Gasteiger partial charge on any atom is 0.332 e. The van der Waals surface area contributed by atoms with Gasteiger partial charge in [-0.25, -0.2) is 9.78 Å². The van der Waals surface area contributed by atoms with Gasteiger partial charge in [0, 0.05) is 16.0 Å². The number of thiophene rings is 1. The molecule has 12 heteroatoms. The highest BCUT2D eigenvalue weighted by molar-refractivity contribution is 9.10. The second-order valence-electron chi connectivity index (χ2n) is 9.94. The van der Waals surface area contributed by atoms with Crippen LogP contribution in [0.2, 0.25) is 0 Å². The molecule has 0 saturated carbocycles. The summed E-state index contributed by atoms with van der Waals surface area (Å²) in [5, 5.41) is 15.6. The number of rotatable bonds is 9. The first-order valence-electron chi connectivity index (χ1n) is 13.6. The number of hydrogen-bond donors (Lipinski definition) is 0. The number of aromatic nitrogens is 4. The summed E-state index contributed by atoms with van der Waals surface area (Å²) < 4.78 is 13.0. The molecule has 3 aromatic carbocycles. The van der Waals surface area contributed by atoms with Crippen LogP contribution in [0.3, 0.4) is 0 Å². The van der Waals surface area contributed by atoms with Crippen LogP contribution in [0.15, 0.2) is 91.4 Å². The third-order valence-corrected chi connectivity index (χ3v) is 9.17. The van der Waals surface area contributed by atoms with E-state index >= 15 is 0 Å². The molecular weight excluding hydrogens is 660 g/mol.